The monoisotopic (exact) mass is 239 g/mol. The van der Waals surface area contributed by atoms with Crippen LogP contribution in [0, 0.1) is 0 Å². The van der Waals surface area contributed by atoms with Gasteiger partial charge in [-0.25, -0.2) is 4.98 Å². The summed E-state index contributed by atoms with van der Waals surface area (Å²) >= 11 is 0.972. The van der Waals surface area contributed by atoms with Gasteiger partial charge in [-0.2, -0.15) is 0 Å². The summed E-state index contributed by atoms with van der Waals surface area (Å²) in [6, 6.07) is 0. The lowest BCUT2D eigenvalue weighted by Crippen LogP contribution is -2.13. The minimum atomic E-state index is -4.93. The van der Waals surface area contributed by atoms with Gasteiger partial charge in [0.2, 0.25) is 0 Å². The van der Waals surface area contributed by atoms with E-state index in [-0.39, 0.29) is 17.1 Å². The van der Waals surface area contributed by atoms with Crippen LogP contribution in [-0.2, 0) is 9.63 Å². The van der Waals surface area contributed by atoms with Crippen LogP contribution in [0.5, 0.6) is 0 Å². The van der Waals surface area contributed by atoms with Gasteiger partial charge in [-0.05, 0) is 0 Å². The fraction of sp³-hybridized carbons (Fsp3) is 0.167. The van der Waals surface area contributed by atoms with Gasteiger partial charge in [0.25, 0.3) is 0 Å². The molecule has 0 spiro atoms. The summed E-state index contributed by atoms with van der Waals surface area (Å²) in [4.78, 5) is 17.1. The van der Waals surface area contributed by atoms with Crippen LogP contribution in [0.3, 0.4) is 0 Å². The Balaban J connectivity index is 2.85. The number of carbonyl (C=O) groups excluding carboxylic acids is 1. The quantitative estimate of drug-likeness (QED) is 0.488. The van der Waals surface area contributed by atoms with E-state index in [2.05, 4.69) is 15.0 Å². The van der Waals surface area contributed by atoms with E-state index in [0.29, 0.717) is 0 Å². The highest BCUT2D eigenvalue weighted by Crippen LogP contribution is 2.17. The van der Waals surface area contributed by atoms with Gasteiger partial charge in [-0.1, -0.05) is 5.16 Å². The normalized spacial score (nSPS) is 12.6. The summed E-state index contributed by atoms with van der Waals surface area (Å²) in [5.41, 5.74) is 4.60. The highest BCUT2D eigenvalue weighted by Gasteiger charge is 2.31. The zero-order valence-electron chi connectivity index (χ0n) is 6.99. The molecule has 0 amide bonds. The maximum atomic E-state index is 11.6. The van der Waals surface area contributed by atoms with Gasteiger partial charge >= 0.3 is 6.36 Å². The van der Waals surface area contributed by atoms with Crippen LogP contribution < -0.4 is 5.73 Å². The van der Waals surface area contributed by atoms with Gasteiger partial charge in [0.15, 0.2) is 17.1 Å². The van der Waals surface area contributed by atoms with Crippen molar-refractivity contribution in [3.8, 4) is 0 Å². The molecule has 5 nitrogen and oxygen atoms in total. The third-order valence-corrected chi connectivity index (χ3v) is 1.82. The van der Waals surface area contributed by atoms with Crippen LogP contribution in [0.1, 0.15) is 5.69 Å². The average molecular weight is 239 g/mol. The second kappa shape index (κ2) is 4.26. The van der Waals surface area contributed by atoms with Crippen LogP contribution in [0.15, 0.2) is 10.5 Å². The molecule has 1 rings (SSSR count). The average Bonchev–Trinajstić information content (AvgIpc) is 2.51. The highest BCUT2D eigenvalue weighted by atomic mass is 32.1. The molecule has 9 heteroatoms. The largest absolute Gasteiger partial charge is 0.593 e. The predicted octanol–water partition coefficient (Wildman–Crippen LogP) is 1.16. The van der Waals surface area contributed by atoms with E-state index < -0.39 is 12.1 Å². The molecule has 82 valence electrons. The molecule has 1 heterocycles. The molecule has 2 N–H and O–H groups in total. The first kappa shape index (κ1) is 11.4. The molecule has 0 unspecified atom stereocenters. The number of alkyl halides is 3. The molecule has 0 bridgehead atoms. The number of aromatic nitrogens is 1. The third kappa shape index (κ3) is 3.54. The maximum Gasteiger partial charge on any atom is 0.593 e. The number of thiazole rings is 1. The van der Waals surface area contributed by atoms with Crippen molar-refractivity contribution in [1.29, 1.82) is 0 Å². The van der Waals surface area contributed by atoms with Crippen molar-refractivity contribution in [3.63, 3.8) is 0 Å². The van der Waals surface area contributed by atoms with E-state index in [9.17, 15) is 18.0 Å². The Morgan fingerprint density at radius 3 is 2.73 bits per heavy atom. The summed E-state index contributed by atoms with van der Waals surface area (Å²) in [6.07, 6.45) is -4.84. The molecule has 0 aliphatic rings. The van der Waals surface area contributed by atoms with E-state index in [1.165, 1.54) is 5.38 Å². The minimum absolute atomic E-state index is 0.0586. The summed E-state index contributed by atoms with van der Waals surface area (Å²) in [7, 11) is 0. The fourth-order valence-electron chi connectivity index (χ4n) is 0.635. The molecule has 0 aliphatic heterocycles. The second-order valence-electron chi connectivity index (χ2n) is 2.20. The number of nitrogens with two attached hydrogens (primary N) is 1. The van der Waals surface area contributed by atoms with Crippen molar-refractivity contribution in [3.05, 3.63) is 11.1 Å². The molecule has 0 aromatic carbocycles. The molecular weight excluding hydrogens is 235 g/mol. The molecule has 0 saturated heterocycles. The van der Waals surface area contributed by atoms with Crippen LogP contribution in [0.25, 0.3) is 0 Å². The number of nitrogens with zero attached hydrogens (tertiary/aromatic N) is 2. The minimum Gasteiger partial charge on any atom is -0.375 e. The molecule has 0 saturated carbocycles. The standard InChI is InChI=1S/C6H4F3N3O2S/c7-6(8,9)14-12-3(1-13)4-2-15-5(10)11-4/h1-2H,(H2,10,11)/b12-3+. The Kier molecular flexibility index (Phi) is 3.24. The van der Waals surface area contributed by atoms with Crippen molar-refractivity contribution in [2.24, 2.45) is 5.16 Å². The lowest BCUT2D eigenvalue weighted by atomic mass is 10.3. The van der Waals surface area contributed by atoms with E-state index in [4.69, 9.17) is 5.73 Å². The molecule has 0 atom stereocenters. The second-order valence-corrected chi connectivity index (χ2v) is 3.09. The van der Waals surface area contributed by atoms with Crippen LogP contribution in [-0.4, -0.2) is 23.3 Å². The lowest BCUT2D eigenvalue weighted by Gasteiger charge is -2.01. The number of carbonyl (C=O) groups is 1. The SMILES string of the molecule is Nc1nc(/C(C=O)=N/OC(F)(F)F)cs1. The number of halogens is 3. The molecular formula is C6H4F3N3O2S. The first-order valence-electron chi connectivity index (χ1n) is 3.42. The number of anilines is 1. The number of nitrogen functional groups attached to an aromatic ring is 1. The van der Waals surface area contributed by atoms with Crippen molar-refractivity contribution >= 4 is 28.5 Å². The fourth-order valence-corrected chi connectivity index (χ4v) is 1.19. The van der Waals surface area contributed by atoms with Gasteiger partial charge < -0.3 is 5.73 Å². The van der Waals surface area contributed by atoms with E-state index >= 15 is 0 Å². The molecule has 0 radical (unpaired) electrons. The number of hydrogen-bond acceptors (Lipinski definition) is 6. The number of rotatable bonds is 3. The van der Waals surface area contributed by atoms with Crippen molar-refractivity contribution in [1.82, 2.24) is 4.98 Å². The van der Waals surface area contributed by atoms with E-state index in [1.807, 2.05) is 0 Å². The zero-order valence-corrected chi connectivity index (χ0v) is 7.80. The summed E-state index contributed by atoms with van der Waals surface area (Å²) in [6.45, 7) is 0. The maximum absolute atomic E-state index is 11.6. The molecule has 0 fully saturated rings. The lowest BCUT2D eigenvalue weighted by molar-refractivity contribution is -0.325. The third-order valence-electron chi connectivity index (χ3n) is 1.14. The van der Waals surface area contributed by atoms with Crippen LogP contribution in [0.2, 0.25) is 0 Å². The number of aldehydes is 1. The Labute approximate surface area is 85.3 Å². The van der Waals surface area contributed by atoms with Crippen molar-refractivity contribution in [2.45, 2.75) is 6.36 Å². The molecule has 1 aromatic rings. The van der Waals surface area contributed by atoms with Crippen molar-refractivity contribution < 1.29 is 22.8 Å². The van der Waals surface area contributed by atoms with Gasteiger partial charge in [-0.3, -0.25) is 9.63 Å². The van der Waals surface area contributed by atoms with Gasteiger partial charge in [0.05, 0.1) is 0 Å². The van der Waals surface area contributed by atoms with Gasteiger partial charge in [0.1, 0.15) is 5.69 Å². The van der Waals surface area contributed by atoms with Gasteiger partial charge in [-0.15, -0.1) is 24.5 Å². The van der Waals surface area contributed by atoms with E-state index in [1.54, 1.807) is 0 Å². The van der Waals surface area contributed by atoms with Crippen molar-refractivity contribution in [2.75, 3.05) is 5.73 Å². The van der Waals surface area contributed by atoms with E-state index in [0.717, 1.165) is 11.3 Å². The zero-order chi connectivity index (χ0) is 11.5. The Bertz CT molecular complexity index is 387. The molecule has 0 aliphatic carbocycles. The topological polar surface area (TPSA) is 77.6 Å². The first-order valence-corrected chi connectivity index (χ1v) is 4.30. The Morgan fingerprint density at radius 2 is 2.33 bits per heavy atom. The van der Waals surface area contributed by atoms with Crippen LogP contribution >= 0.6 is 11.3 Å². The summed E-state index contributed by atoms with van der Waals surface area (Å²) in [5, 5.41) is 4.02. The summed E-state index contributed by atoms with van der Waals surface area (Å²) in [5.74, 6) is 0. The highest BCUT2D eigenvalue weighted by molar-refractivity contribution is 7.13. The molecule has 1 aromatic heterocycles. The predicted molar refractivity (Wildman–Crippen MR) is 46.3 cm³/mol. The first-order chi connectivity index (χ1) is 6.92. The smallest absolute Gasteiger partial charge is 0.375 e. The summed E-state index contributed by atoms with van der Waals surface area (Å²) < 4.78 is 34.8. The van der Waals surface area contributed by atoms with Gasteiger partial charge in [0, 0.05) is 5.38 Å². The molecule has 15 heavy (non-hydrogen) atoms. The van der Waals surface area contributed by atoms with Crippen LogP contribution in [0.4, 0.5) is 18.3 Å². The number of oxime groups is 1. The Morgan fingerprint density at radius 1 is 1.67 bits per heavy atom. The number of hydrogen-bond donors (Lipinski definition) is 1. The Hall–Kier alpha value is -1.64.